The minimum atomic E-state index is -0.250. The van der Waals surface area contributed by atoms with Gasteiger partial charge in [0.25, 0.3) is 0 Å². The molecule has 18 heavy (non-hydrogen) atoms. The highest BCUT2D eigenvalue weighted by Crippen LogP contribution is 2.16. The van der Waals surface area contributed by atoms with Crippen molar-refractivity contribution < 1.29 is 4.79 Å². The summed E-state index contributed by atoms with van der Waals surface area (Å²) >= 11 is 0. The summed E-state index contributed by atoms with van der Waals surface area (Å²) in [6, 6.07) is 9.15. The van der Waals surface area contributed by atoms with Crippen molar-refractivity contribution in [3.8, 4) is 6.07 Å². The van der Waals surface area contributed by atoms with Crippen molar-refractivity contribution in [1.29, 1.82) is 5.26 Å². The zero-order chi connectivity index (χ0) is 13.7. The van der Waals surface area contributed by atoms with Crippen molar-refractivity contribution in [2.75, 3.05) is 11.9 Å². The molecule has 0 aliphatic carbocycles. The Morgan fingerprint density at radius 2 is 1.83 bits per heavy atom. The molecule has 0 bridgehead atoms. The van der Waals surface area contributed by atoms with Crippen LogP contribution in [0.3, 0.4) is 0 Å². The van der Waals surface area contributed by atoms with Gasteiger partial charge in [0.1, 0.15) is 6.04 Å². The van der Waals surface area contributed by atoms with E-state index in [1.165, 1.54) is 0 Å². The Kier molecular flexibility index (Phi) is 4.73. The number of nitrogens with one attached hydrogen (secondary N) is 1. The van der Waals surface area contributed by atoms with Crippen LogP contribution in [-0.2, 0) is 4.79 Å². The van der Waals surface area contributed by atoms with Crippen LogP contribution in [0.15, 0.2) is 24.3 Å². The molecule has 1 amide bonds. The highest BCUT2D eigenvalue weighted by Gasteiger charge is 2.18. The molecule has 0 aliphatic rings. The predicted octanol–water partition coefficient (Wildman–Crippen LogP) is 1.91. The summed E-state index contributed by atoms with van der Waals surface area (Å²) in [5, 5.41) is 11.6. The van der Waals surface area contributed by atoms with E-state index in [1.807, 2.05) is 44.9 Å². The zero-order valence-corrected chi connectivity index (χ0v) is 11.3. The molecule has 0 spiro atoms. The second-order valence-electron chi connectivity index (χ2n) is 4.61. The van der Waals surface area contributed by atoms with Crippen molar-refractivity contribution in [2.45, 2.75) is 32.9 Å². The lowest BCUT2D eigenvalue weighted by atomic mass is 10.2. The van der Waals surface area contributed by atoms with Crippen LogP contribution in [-0.4, -0.2) is 25.0 Å². The number of rotatable bonds is 4. The van der Waals surface area contributed by atoms with Gasteiger partial charge in [-0.1, -0.05) is 0 Å². The third kappa shape index (κ3) is 3.49. The van der Waals surface area contributed by atoms with E-state index in [2.05, 4.69) is 11.4 Å². The van der Waals surface area contributed by atoms with E-state index in [0.717, 1.165) is 5.69 Å². The summed E-state index contributed by atoms with van der Waals surface area (Å²) < 4.78 is 0. The Balaban J connectivity index is 2.76. The van der Waals surface area contributed by atoms with Crippen molar-refractivity contribution in [3.63, 3.8) is 0 Å². The van der Waals surface area contributed by atoms with Crippen molar-refractivity contribution >= 4 is 11.6 Å². The Bertz CT molecular complexity index is 445. The Hall–Kier alpha value is -2.02. The molecule has 1 unspecified atom stereocenters. The van der Waals surface area contributed by atoms with E-state index < -0.39 is 0 Å². The van der Waals surface area contributed by atoms with E-state index in [-0.39, 0.29) is 18.0 Å². The largest absolute Gasteiger partial charge is 0.363 e. The maximum absolute atomic E-state index is 11.9. The summed E-state index contributed by atoms with van der Waals surface area (Å²) in [4.78, 5) is 13.8. The van der Waals surface area contributed by atoms with Crippen LogP contribution in [0.5, 0.6) is 0 Å². The lowest BCUT2D eigenvalue weighted by molar-refractivity contribution is -0.122. The molecule has 0 aliphatic heterocycles. The summed E-state index contributed by atoms with van der Waals surface area (Å²) in [6.45, 7) is 5.73. The molecule has 0 heterocycles. The van der Waals surface area contributed by atoms with Gasteiger partial charge in [-0.2, -0.15) is 5.26 Å². The second kappa shape index (κ2) is 6.06. The fourth-order valence-corrected chi connectivity index (χ4v) is 1.58. The molecular weight excluding hydrogens is 226 g/mol. The van der Waals surface area contributed by atoms with Gasteiger partial charge in [0.15, 0.2) is 0 Å². The number of carbonyl (C=O) groups excluding carboxylic acids is 1. The molecule has 4 heteroatoms. The number of likely N-dealkylation sites (N-methyl/N-ethyl adjacent to an activating group) is 1. The van der Waals surface area contributed by atoms with Gasteiger partial charge < -0.3 is 10.2 Å². The third-order valence-electron chi connectivity index (χ3n) is 2.79. The third-order valence-corrected chi connectivity index (χ3v) is 2.79. The first-order valence-corrected chi connectivity index (χ1v) is 5.99. The molecule has 1 N–H and O–H groups in total. The first-order chi connectivity index (χ1) is 8.45. The molecule has 4 nitrogen and oxygen atoms in total. The molecule has 1 atom stereocenters. The number of hydrogen-bond donors (Lipinski definition) is 1. The van der Waals surface area contributed by atoms with Gasteiger partial charge in [-0.05, 0) is 45.0 Å². The molecule has 0 fully saturated rings. The van der Waals surface area contributed by atoms with Gasteiger partial charge in [-0.3, -0.25) is 4.79 Å². The van der Waals surface area contributed by atoms with Gasteiger partial charge in [0, 0.05) is 18.8 Å². The topological polar surface area (TPSA) is 56.1 Å². The summed E-state index contributed by atoms with van der Waals surface area (Å²) in [5.74, 6) is -0.00291. The summed E-state index contributed by atoms with van der Waals surface area (Å²) in [5.41, 5.74) is 1.53. The molecule has 1 rings (SSSR count). The number of anilines is 1. The monoisotopic (exact) mass is 245 g/mol. The predicted molar refractivity (Wildman–Crippen MR) is 72.3 cm³/mol. The first-order valence-electron chi connectivity index (χ1n) is 5.99. The van der Waals surface area contributed by atoms with Crippen LogP contribution < -0.4 is 10.2 Å². The van der Waals surface area contributed by atoms with Gasteiger partial charge in [0.05, 0.1) is 11.6 Å². The zero-order valence-electron chi connectivity index (χ0n) is 11.3. The number of carbonyl (C=O) groups is 1. The van der Waals surface area contributed by atoms with Gasteiger partial charge in [-0.25, -0.2) is 0 Å². The minimum absolute atomic E-state index is 0.00291. The number of nitriles is 1. The highest BCUT2D eigenvalue weighted by atomic mass is 16.2. The molecule has 0 saturated heterocycles. The maximum atomic E-state index is 11.9. The standard InChI is InChI=1S/C14H19N3O/c1-10(2)16-14(18)11(3)17(4)13-7-5-12(9-15)6-8-13/h5-8,10-11H,1-4H3,(H,16,18). The number of benzene rings is 1. The number of nitrogens with zero attached hydrogens (tertiary/aromatic N) is 2. The van der Waals surface area contributed by atoms with Crippen LogP contribution in [0.4, 0.5) is 5.69 Å². The van der Waals surface area contributed by atoms with Crippen molar-refractivity contribution in [3.05, 3.63) is 29.8 Å². The van der Waals surface area contributed by atoms with Crippen LogP contribution >= 0.6 is 0 Å². The Morgan fingerprint density at radius 3 is 2.28 bits per heavy atom. The SMILES string of the molecule is CC(C)NC(=O)C(C)N(C)c1ccc(C#N)cc1. The van der Waals surface area contributed by atoms with Gasteiger partial charge >= 0.3 is 0 Å². The number of hydrogen-bond acceptors (Lipinski definition) is 3. The van der Waals surface area contributed by atoms with Crippen molar-refractivity contribution in [1.82, 2.24) is 5.32 Å². The van der Waals surface area contributed by atoms with Crippen molar-refractivity contribution in [2.24, 2.45) is 0 Å². The van der Waals surface area contributed by atoms with Crippen LogP contribution in [0.25, 0.3) is 0 Å². The van der Waals surface area contributed by atoms with E-state index in [1.54, 1.807) is 12.1 Å². The Morgan fingerprint density at radius 1 is 1.28 bits per heavy atom. The maximum Gasteiger partial charge on any atom is 0.242 e. The Labute approximate surface area is 108 Å². The van der Waals surface area contributed by atoms with Crippen LogP contribution in [0.1, 0.15) is 26.3 Å². The molecule has 1 aromatic rings. The van der Waals surface area contributed by atoms with E-state index in [4.69, 9.17) is 5.26 Å². The minimum Gasteiger partial charge on any atom is -0.363 e. The fraction of sp³-hybridized carbons (Fsp3) is 0.429. The van der Waals surface area contributed by atoms with Crippen LogP contribution in [0, 0.1) is 11.3 Å². The summed E-state index contributed by atoms with van der Waals surface area (Å²) in [7, 11) is 1.87. The highest BCUT2D eigenvalue weighted by molar-refractivity contribution is 5.84. The van der Waals surface area contributed by atoms with Crippen LogP contribution in [0.2, 0.25) is 0 Å². The lowest BCUT2D eigenvalue weighted by Crippen LogP contribution is -2.45. The fourth-order valence-electron chi connectivity index (χ4n) is 1.58. The van der Waals surface area contributed by atoms with E-state index >= 15 is 0 Å². The van der Waals surface area contributed by atoms with E-state index in [9.17, 15) is 4.79 Å². The molecule has 0 radical (unpaired) electrons. The van der Waals surface area contributed by atoms with E-state index in [0.29, 0.717) is 5.56 Å². The normalized spacial score (nSPS) is 11.8. The van der Waals surface area contributed by atoms with Gasteiger partial charge in [-0.15, -0.1) is 0 Å². The molecule has 0 saturated carbocycles. The lowest BCUT2D eigenvalue weighted by Gasteiger charge is -2.26. The molecule has 1 aromatic carbocycles. The second-order valence-corrected chi connectivity index (χ2v) is 4.61. The average molecular weight is 245 g/mol. The molecule has 96 valence electrons. The smallest absolute Gasteiger partial charge is 0.242 e. The first kappa shape index (κ1) is 14.0. The molecule has 0 aromatic heterocycles. The summed E-state index contributed by atoms with van der Waals surface area (Å²) in [6.07, 6.45) is 0. The van der Waals surface area contributed by atoms with Gasteiger partial charge in [0.2, 0.25) is 5.91 Å². The molecular formula is C14H19N3O. The quantitative estimate of drug-likeness (QED) is 0.881. The number of amides is 1. The average Bonchev–Trinajstić information content (AvgIpc) is 2.36.